The molecule has 2 aromatic carbocycles. The molecule has 34 heavy (non-hydrogen) atoms. The zero-order chi connectivity index (χ0) is 25.3. The second-order valence-corrected chi connectivity index (χ2v) is 7.24. The van der Waals surface area contributed by atoms with Crippen LogP contribution in [0.4, 0.5) is 0 Å². The number of ether oxygens (including phenoxy) is 3. The number of carbonyl (C=O) groups excluding carboxylic acids is 1. The molecular formula is C20H20O14. The molecule has 1 saturated heterocycles. The zero-order valence-electron chi connectivity index (χ0n) is 17.0. The molecule has 0 spiro atoms. The normalized spacial score (nSPS) is 24.4. The van der Waals surface area contributed by atoms with E-state index < -0.39 is 89.3 Å². The van der Waals surface area contributed by atoms with E-state index in [9.17, 15) is 50.4 Å². The first-order valence-electron chi connectivity index (χ1n) is 9.48. The van der Waals surface area contributed by atoms with Gasteiger partial charge in [-0.3, -0.25) is 0 Å². The van der Waals surface area contributed by atoms with Crippen molar-refractivity contribution in [3.8, 4) is 34.5 Å². The number of phenolic OH excluding ortho intramolecular Hbond substituents is 5. The molecule has 0 aliphatic carbocycles. The summed E-state index contributed by atoms with van der Waals surface area (Å²) in [5, 5.41) is 87.6. The Morgan fingerprint density at radius 1 is 0.794 bits per heavy atom. The highest BCUT2D eigenvalue weighted by Gasteiger charge is 2.46. The Bertz CT molecular complexity index is 1050. The molecule has 14 nitrogen and oxygen atoms in total. The highest BCUT2D eigenvalue weighted by molar-refractivity contribution is 5.91. The van der Waals surface area contributed by atoms with Crippen LogP contribution in [0.3, 0.4) is 0 Å². The van der Waals surface area contributed by atoms with Crippen molar-refractivity contribution in [3.63, 3.8) is 0 Å². The Kier molecular flexibility index (Phi) is 6.88. The molecule has 2 aromatic rings. The van der Waals surface area contributed by atoms with Crippen LogP contribution in [0.25, 0.3) is 0 Å². The average Bonchev–Trinajstić information content (AvgIpc) is 2.78. The van der Waals surface area contributed by atoms with Crippen molar-refractivity contribution < 1.29 is 69.8 Å². The van der Waals surface area contributed by atoms with E-state index in [-0.39, 0.29) is 5.56 Å². The minimum atomic E-state index is -1.91. The predicted octanol–water partition coefficient (Wildman–Crippen LogP) is -1.04. The molecule has 1 fully saturated rings. The molecule has 1 heterocycles. The van der Waals surface area contributed by atoms with Crippen LogP contribution in [0.1, 0.15) is 20.7 Å². The maximum Gasteiger partial charge on any atom is 0.338 e. The third-order valence-corrected chi connectivity index (χ3v) is 4.88. The fourth-order valence-corrected chi connectivity index (χ4v) is 3.07. The van der Waals surface area contributed by atoms with Gasteiger partial charge in [0.15, 0.2) is 28.7 Å². The van der Waals surface area contributed by atoms with Gasteiger partial charge in [0.1, 0.15) is 31.0 Å². The van der Waals surface area contributed by atoms with Crippen LogP contribution >= 0.6 is 0 Å². The van der Waals surface area contributed by atoms with Crippen LogP contribution in [0.2, 0.25) is 0 Å². The lowest BCUT2D eigenvalue weighted by atomic mass is 9.99. The Balaban J connectivity index is 1.74. The van der Waals surface area contributed by atoms with E-state index in [4.69, 9.17) is 19.3 Å². The largest absolute Gasteiger partial charge is 0.504 e. The van der Waals surface area contributed by atoms with Crippen molar-refractivity contribution >= 4 is 11.9 Å². The first-order valence-corrected chi connectivity index (χ1v) is 9.48. The fourth-order valence-electron chi connectivity index (χ4n) is 3.07. The number of aliphatic hydroxyl groups is 3. The van der Waals surface area contributed by atoms with Crippen LogP contribution in [-0.2, 0) is 9.47 Å². The van der Waals surface area contributed by atoms with Crippen LogP contribution in [0.5, 0.6) is 34.5 Å². The summed E-state index contributed by atoms with van der Waals surface area (Å²) in [6, 6.07) is 3.10. The van der Waals surface area contributed by atoms with Gasteiger partial charge in [0.2, 0.25) is 12.0 Å². The minimum absolute atomic E-state index is 0.375. The van der Waals surface area contributed by atoms with Crippen LogP contribution in [0, 0.1) is 0 Å². The number of rotatable bonds is 6. The Hall–Kier alpha value is -3.98. The van der Waals surface area contributed by atoms with E-state index in [1.807, 2.05) is 0 Å². The number of hydrogen-bond donors (Lipinski definition) is 9. The summed E-state index contributed by atoms with van der Waals surface area (Å²) in [6.07, 6.45) is -8.93. The summed E-state index contributed by atoms with van der Waals surface area (Å²) in [5.74, 6) is -7.40. The van der Waals surface area contributed by atoms with Gasteiger partial charge in [0.05, 0.1) is 11.1 Å². The van der Waals surface area contributed by atoms with Gasteiger partial charge in [-0.2, -0.15) is 0 Å². The van der Waals surface area contributed by atoms with Crippen molar-refractivity contribution in [1.29, 1.82) is 0 Å². The number of carboxylic acids is 1. The molecule has 0 bridgehead atoms. The number of carboxylic acid groups (broad SMARTS) is 1. The monoisotopic (exact) mass is 484 g/mol. The van der Waals surface area contributed by atoms with E-state index in [0.717, 1.165) is 24.3 Å². The average molecular weight is 484 g/mol. The van der Waals surface area contributed by atoms with E-state index in [1.165, 1.54) is 0 Å². The summed E-state index contributed by atoms with van der Waals surface area (Å²) < 4.78 is 15.4. The molecule has 1 aliphatic rings. The summed E-state index contributed by atoms with van der Waals surface area (Å²) in [6.45, 7) is -0.734. The lowest BCUT2D eigenvalue weighted by molar-refractivity contribution is -0.277. The molecule has 3 rings (SSSR count). The highest BCUT2D eigenvalue weighted by Crippen LogP contribution is 2.39. The maximum absolute atomic E-state index is 12.2. The molecule has 0 unspecified atom stereocenters. The van der Waals surface area contributed by atoms with Gasteiger partial charge < -0.3 is 60.2 Å². The van der Waals surface area contributed by atoms with Gasteiger partial charge in [-0.25, -0.2) is 9.59 Å². The Morgan fingerprint density at radius 2 is 1.32 bits per heavy atom. The first kappa shape index (κ1) is 24.7. The number of aromatic hydroxyl groups is 5. The molecular weight excluding hydrogens is 464 g/mol. The van der Waals surface area contributed by atoms with E-state index >= 15 is 0 Å². The summed E-state index contributed by atoms with van der Waals surface area (Å²) in [4.78, 5) is 23.2. The number of phenols is 5. The molecule has 5 atom stereocenters. The quantitative estimate of drug-likeness (QED) is 0.176. The number of benzene rings is 2. The van der Waals surface area contributed by atoms with Crippen LogP contribution in [0.15, 0.2) is 24.3 Å². The van der Waals surface area contributed by atoms with Crippen LogP contribution in [-0.4, -0.2) is 95.2 Å². The van der Waals surface area contributed by atoms with E-state index in [0.29, 0.717) is 0 Å². The smallest absolute Gasteiger partial charge is 0.338 e. The van der Waals surface area contributed by atoms with Gasteiger partial charge in [-0.15, -0.1) is 0 Å². The Labute approximate surface area is 189 Å². The lowest BCUT2D eigenvalue weighted by Crippen LogP contribution is -2.60. The number of esters is 1. The van der Waals surface area contributed by atoms with E-state index in [2.05, 4.69) is 0 Å². The third kappa shape index (κ3) is 4.84. The Morgan fingerprint density at radius 3 is 1.85 bits per heavy atom. The SMILES string of the molecule is O=C(O)c1cc(O)c(O[C@@H]2O[C@H](COC(=O)c3cc(O)c(O)c(O)c3)[C@@H](O)[C@@H](O)[C@H]2O)c(O)c1. The summed E-state index contributed by atoms with van der Waals surface area (Å²) >= 11 is 0. The van der Waals surface area contributed by atoms with Crippen molar-refractivity contribution in [3.05, 3.63) is 35.4 Å². The second-order valence-electron chi connectivity index (χ2n) is 7.24. The topological polar surface area (TPSA) is 244 Å². The third-order valence-electron chi connectivity index (χ3n) is 4.88. The standard InChI is InChI=1S/C20H20O14/c21-8-3-7(4-9(22)13(8)25)19(31)32-5-12-14(26)15(27)16(28)20(33-12)34-17-10(23)1-6(18(29)30)2-11(17)24/h1-4,12,14-16,20-28H,5H2,(H,29,30)/t12-,14-,15-,16-,20+/m1/s1. The number of aromatic carboxylic acids is 1. The number of carbonyl (C=O) groups is 2. The molecule has 9 N–H and O–H groups in total. The molecule has 14 heteroatoms. The van der Waals surface area contributed by atoms with Crippen molar-refractivity contribution in [2.75, 3.05) is 6.61 Å². The molecule has 184 valence electrons. The van der Waals surface area contributed by atoms with Gasteiger partial charge in [-0.05, 0) is 24.3 Å². The van der Waals surface area contributed by atoms with Crippen molar-refractivity contribution in [2.45, 2.75) is 30.7 Å². The minimum Gasteiger partial charge on any atom is -0.504 e. The van der Waals surface area contributed by atoms with Crippen molar-refractivity contribution in [1.82, 2.24) is 0 Å². The molecule has 0 radical (unpaired) electrons. The molecule has 1 aliphatic heterocycles. The molecule has 0 amide bonds. The molecule has 0 saturated carbocycles. The zero-order valence-corrected chi connectivity index (χ0v) is 17.0. The first-order chi connectivity index (χ1) is 15.9. The van der Waals surface area contributed by atoms with Crippen molar-refractivity contribution in [2.24, 2.45) is 0 Å². The van der Waals surface area contributed by atoms with Gasteiger partial charge in [0, 0.05) is 0 Å². The maximum atomic E-state index is 12.2. The second kappa shape index (κ2) is 9.48. The van der Waals surface area contributed by atoms with Gasteiger partial charge in [-0.1, -0.05) is 0 Å². The molecule has 0 aromatic heterocycles. The number of hydrogen-bond acceptors (Lipinski definition) is 13. The predicted molar refractivity (Wildman–Crippen MR) is 106 cm³/mol. The summed E-state index contributed by atoms with van der Waals surface area (Å²) in [5.41, 5.74) is -0.848. The fraction of sp³-hybridized carbons (Fsp3) is 0.300. The van der Waals surface area contributed by atoms with Gasteiger partial charge >= 0.3 is 11.9 Å². The summed E-state index contributed by atoms with van der Waals surface area (Å²) in [7, 11) is 0. The number of aliphatic hydroxyl groups excluding tert-OH is 3. The van der Waals surface area contributed by atoms with E-state index in [1.54, 1.807) is 0 Å². The van der Waals surface area contributed by atoms with Crippen LogP contribution < -0.4 is 4.74 Å². The highest BCUT2D eigenvalue weighted by atomic mass is 16.7. The lowest BCUT2D eigenvalue weighted by Gasteiger charge is -2.39. The van der Waals surface area contributed by atoms with Gasteiger partial charge in [0.25, 0.3) is 0 Å².